The smallest absolute Gasteiger partial charge is 0.329 e. The predicted molar refractivity (Wildman–Crippen MR) is 104 cm³/mol. The molecule has 1 saturated carbocycles. The first kappa shape index (κ1) is 21.9. The number of nitrogens with one attached hydrogen (secondary N) is 2. The van der Waals surface area contributed by atoms with Crippen LogP contribution in [0.15, 0.2) is 24.3 Å². The zero-order valence-corrected chi connectivity index (χ0v) is 16.7. The van der Waals surface area contributed by atoms with Crippen LogP contribution in [0.5, 0.6) is 0 Å². The summed E-state index contributed by atoms with van der Waals surface area (Å²) in [6.07, 6.45) is 3.81. The fourth-order valence-electron chi connectivity index (χ4n) is 3.21. The summed E-state index contributed by atoms with van der Waals surface area (Å²) in [4.78, 5) is 37.3. The Bertz CT molecular complexity index is 684. The summed E-state index contributed by atoms with van der Waals surface area (Å²) in [5.41, 5.74) is 0.403. The third-order valence-electron chi connectivity index (χ3n) is 4.97. The largest absolute Gasteiger partial charge is 0.451 e. The van der Waals surface area contributed by atoms with Crippen molar-refractivity contribution in [1.82, 2.24) is 5.32 Å². The first-order valence-electron chi connectivity index (χ1n) is 9.85. The van der Waals surface area contributed by atoms with E-state index in [1.165, 1.54) is 31.2 Å². The molecule has 154 valence electrons. The van der Waals surface area contributed by atoms with Gasteiger partial charge in [0.05, 0.1) is 0 Å². The summed E-state index contributed by atoms with van der Waals surface area (Å²) in [6.45, 7) is 5.09. The molecule has 1 aliphatic rings. The van der Waals surface area contributed by atoms with Crippen molar-refractivity contribution < 1.29 is 23.5 Å². The Kier molecular flexibility index (Phi) is 7.96. The Morgan fingerprint density at radius 1 is 1.04 bits per heavy atom. The maximum absolute atomic E-state index is 12.9. The number of hydrogen-bond acceptors (Lipinski definition) is 4. The average Bonchev–Trinajstić information content (AvgIpc) is 2.67. The molecule has 1 aliphatic carbocycles. The molecule has 0 saturated heterocycles. The average molecular weight is 392 g/mol. The molecule has 2 amide bonds. The van der Waals surface area contributed by atoms with E-state index in [0.29, 0.717) is 5.69 Å². The van der Waals surface area contributed by atoms with Gasteiger partial charge in [0.15, 0.2) is 6.10 Å². The van der Waals surface area contributed by atoms with E-state index in [1.807, 2.05) is 13.8 Å². The number of benzene rings is 1. The van der Waals surface area contributed by atoms with Gasteiger partial charge in [-0.1, -0.05) is 33.1 Å². The predicted octanol–water partition coefficient (Wildman–Crippen LogP) is 3.42. The number of anilines is 1. The van der Waals surface area contributed by atoms with Crippen LogP contribution in [-0.2, 0) is 19.1 Å². The van der Waals surface area contributed by atoms with Gasteiger partial charge < -0.3 is 15.4 Å². The summed E-state index contributed by atoms with van der Waals surface area (Å²) in [7, 11) is 0. The van der Waals surface area contributed by atoms with E-state index >= 15 is 0 Å². The summed E-state index contributed by atoms with van der Waals surface area (Å²) < 4.78 is 18.2. The molecular formula is C21H29FN2O4. The number of hydrogen-bond donors (Lipinski definition) is 2. The first-order chi connectivity index (χ1) is 13.3. The molecule has 0 aliphatic heterocycles. The maximum Gasteiger partial charge on any atom is 0.329 e. The molecule has 2 unspecified atom stereocenters. The van der Waals surface area contributed by atoms with Gasteiger partial charge in [0.25, 0.3) is 5.91 Å². The lowest BCUT2D eigenvalue weighted by atomic mass is 9.88. The van der Waals surface area contributed by atoms with Gasteiger partial charge in [0.1, 0.15) is 11.9 Å². The topological polar surface area (TPSA) is 84.5 Å². The molecule has 2 N–H and O–H groups in total. The highest BCUT2D eigenvalue weighted by atomic mass is 19.1. The molecule has 6 nitrogen and oxygen atoms in total. The second kappa shape index (κ2) is 10.2. The number of rotatable bonds is 7. The van der Waals surface area contributed by atoms with Gasteiger partial charge >= 0.3 is 5.97 Å². The third-order valence-corrected chi connectivity index (χ3v) is 4.97. The normalized spacial score (nSPS) is 16.9. The van der Waals surface area contributed by atoms with Crippen LogP contribution in [0.2, 0.25) is 0 Å². The molecule has 0 bridgehead atoms. The van der Waals surface area contributed by atoms with Gasteiger partial charge in [-0.25, -0.2) is 9.18 Å². The molecule has 1 aromatic carbocycles. The van der Waals surface area contributed by atoms with E-state index in [-0.39, 0.29) is 17.7 Å². The fourth-order valence-corrected chi connectivity index (χ4v) is 3.21. The molecule has 28 heavy (non-hydrogen) atoms. The summed E-state index contributed by atoms with van der Waals surface area (Å²) in [6, 6.07) is 4.48. The molecule has 2 atom stereocenters. The van der Waals surface area contributed by atoms with Crippen molar-refractivity contribution in [1.29, 1.82) is 0 Å². The number of carbonyl (C=O) groups excluding carboxylic acids is 3. The van der Waals surface area contributed by atoms with Crippen molar-refractivity contribution in [2.75, 3.05) is 5.32 Å². The third kappa shape index (κ3) is 6.32. The van der Waals surface area contributed by atoms with E-state index in [4.69, 9.17) is 4.74 Å². The van der Waals surface area contributed by atoms with Crippen LogP contribution in [0.1, 0.15) is 52.9 Å². The van der Waals surface area contributed by atoms with Crippen molar-refractivity contribution in [2.45, 2.75) is 65.0 Å². The number of halogens is 1. The number of ether oxygens (including phenoxy) is 1. The molecule has 7 heteroatoms. The van der Waals surface area contributed by atoms with E-state index < -0.39 is 29.8 Å². The van der Waals surface area contributed by atoms with Crippen LogP contribution >= 0.6 is 0 Å². The quantitative estimate of drug-likeness (QED) is 0.697. The van der Waals surface area contributed by atoms with Gasteiger partial charge in [0, 0.05) is 11.6 Å². The van der Waals surface area contributed by atoms with Crippen molar-refractivity contribution in [3.63, 3.8) is 0 Å². The van der Waals surface area contributed by atoms with E-state index in [9.17, 15) is 18.8 Å². The first-order valence-corrected chi connectivity index (χ1v) is 9.85. The Balaban J connectivity index is 1.91. The second-order valence-electron chi connectivity index (χ2n) is 7.64. The van der Waals surface area contributed by atoms with E-state index in [1.54, 1.807) is 0 Å². The van der Waals surface area contributed by atoms with Gasteiger partial charge in [-0.3, -0.25) is 9.59 Å². The minimum absolute atomic E-state index is 0.0676. The summed E-state index contributed by atoms with van der Waals surface area (Å²) >= 11 is 0. The van der Waals surface area contributed by atoms with Gasteiger partial charge in [-0.15, -0.1) is 0 Å². The lowest BCUT2D eigenvalue weighted by Crippen LogP contribution is -2.49. The molecule has 0 aromatic heterocycles. The monoisotopic (exact) mass is 392 g/mol. The van der Waals surface area contributed by atoms with E-state index in [0.717, 1.165) is 32.1 Å². The standard InChI is InChI=1S/C21H29FN2O4/c1-13(2)18(24-20(26)15-7-5-4-6-8-15)21(27)28-14(3)19(25)23-17-11-9-16(22)10-12-17/h9-15,18H,4-8H2,1-3H3,(H,23,25)(H,24,26). The highest BCUT2D eigenvalue weighted by Crippen LogP contribution is 2.24. The minimum atomic E-state index is -1.05. The van der Waals surface area contributed by atoms with E-state index in [2.05, 4.69) is 10.6 Å². The van der Waals surface area contributed by atoms with Crippen molar-refractivity contribution >= 4 is 23.5 Å². The second-order valence-corrected chi connectivity index (χ2v) is 7.64. The van der Waals surface area contributed by atoms with Gasteiger partial charge in [0.2, 0.25) is 5.91 Å². The number of carbonyl (C=O) groups is 3. The molecule has 1 fully saturated rings. The Hall–Kier alpha value is -2.44. The Labute approximate surface area is 165 Å². The van der Waals surface area contributed by atoms with Crippen LogP contribution in [0.25, 0.3) is 0 Å². The highest BCUT2D eigenvalue weighted by molar-refractivity contribution is 5.95. The molecule has 0 spiro atoms. The zero-order valence-electron chi connectivity index (χ0n) is 16.7. The minimum Gasteiger partial charge on any atom is -0.451 e. The maximum atomic E-state index is 12.9. The number of amides is 2. The lowest BCUT2D eigenvalue weighted by molar-refractivity contribution is -0.157. The van der Waals surface area contributed by atoms with Gasteiger partial charge in [-0.05, 0) is 49.9 Å². The Morgan fingerprint density at radius 3 is 2.21 bits per heavy atom. The van der Waals surface area contributed by atoms with Crippen LogP contribution < -0.4 is 10.6 Å². The zero-order chi connectivity index (χ0) is 20.7. The number of esters is 1. The van der Waals surface area contributed by atoms with Crippen LogP contribution in [-0.4, -0.2) is 29.9 Å². The lowest BCUT2D eigenvalue weighted by Gasteiger charge is -2.26. The van der Waals surface area contributed by atoms with Crippen LogP contribution in [0.3, 0.4) is 0 Å². The summed E-state index contributed by atoms with van der Waals surface area (Å²) in [5, 5.41) is 5.36. The van der Waals surface area contributed by atoms with Crippen LogP contribution in [0.4, 0.5) is 10.1 Å². The highest BCUT2D eigenvalue weighted by Gasteiger charge is 2.31. The SMILES string of the molecule is CC(OC(=O)C(NC(=O)C1CCCCC1)C(C)C)C(=O)Nc1ccc(F)cc1. The molecular weight excluding hydrogens is 363 g/mol. The summed E-state index contributed by atoms with van der Waals surface area (Å²) in [5.74, 6) is -1.94. The molecule has 0 radical (unpaired) electrons. The Morgan fingerprint density at radius 2 is 1.64 bits per heavy atom. The molecule has 1 aromatic rings. The molecule has 0 heterocycles. The van der Waals surface area contributed by atoms with Crippen LogP contribution in [0, 0.1) is 17.7 Å². The fraction of sp³-hybridized carbons (Fsp3) is 0.571. The van der Waals surface area contributed by atoms with Crippen molar-refractivity contribution in [3.8, 4) is 0 Å². The van der Waals surface area contributed by atoms with Crippen molar-refractivity contribution in [3.05, 3.63) is 30.1 Å². The van der Waals surface area contributed by atoms with Crippen molar-refractivity contribution in [2.24, 2.45) is 11.8 Å². The molecule has 2 rings (SSSR count). The van der Waals surface area contributed by atoms with Gasteiger partial charge in [-0.2, -0.15) is 0 Å².